The summed E-state index contributed by atoms with van der Waals surface area (Å²) in [6, 6.07) is 21.6. The zero-order chi connectivity index (χ0) is 26.6. The molecule has 0 N–H and O–H groups in total. The number of halogens is 3. The molecule has 3 aromatic carbocycles. The van der Waals surface area contributed by atoms with Gasteiger partial charge in [-0.1, -0.05) is 54.1 Å². The van der Waals surface area contributed by atoms with E-state index in [9.17, 15) is 13.2 Å². The van der Waals surface area contributed by atoms with Crippen LogP contribution in [0.15, 0.2) is 78.2 Å². The lowest BCUT2D eigenvalue weighted by Crippen LogP contribution is -2.25. The van der Waals surface area contributed by atoms with Gasteiger partial charge in [0.2, 0.25) is 0 Å². The van der Waals surface area contributed by atoms with Gasteiger partial charge in [-0.15, -0.1) is 11.3 Å². The molecule has 3 nitrogen and oxygen atoms in total. The van der Waals surface area contributed by atoms with Crippen LogP contribution in [0.4, 0.5) is 18.3 Å². The number of hydrogen-bond acceptors (Lipinski definition) is 4. The van der Waals surface area contributed by atoms with E-state index >= 15 is 0 Å². The average Bonchev–Trinajstić information content (AvgIpc) is 3.32. The molecule has 194 valence electrons. The molecule has 0 aliphatic heterocycles. The van der Waals surface area contributed by atoms with Gasteiger partial charge in [0.05, 0.1) is 11.3 Å². The van der Waals surface area contributed by atoms with E-state index in [1.54, 1.807) is 23.5 Å². The molecule has 0 radical (unpaired) electrons. The highest BCUT2D eigenvalue weighted by Crippen LogP contribution is 2.31. The van der Waals surface area contributed by atoms with Gasteiger partial charge in [-0.05, 0) is 69.5 Å². The first-order chi connectivity index (χ1) is 17.5. The van der Waals surface area contributed by atoms with E-state index in [4.69, 9.17) is 9.72 Å². The predicted molar refractivity (Wildman–Crippen MR) is 145 cm³/mol. The summed E-state index contributed by atoms with van der Waals surface area (Å²) >= 11 is 1.54. The number of benzene rings is 3. The smallest absolute Gasteiger partial charge is 0.416 e. The molecule has 0 spiro atoms. The van der Waals surface area contributed by atoms with E-state index in [0.717, 1.165) is 51.8 Å². The van der Waals surface area contributed by atoms with E-state index in [1.807, 2.05) is 45.2 Å². The number of rotatable bonds is 8. The van der Waals surface area contributed by atoms with Crippen LogP contribution in [0.2, 0.25) is 0 Å². The Morgan fingerprint density at radius 3 is 2.05 bits per heavy atom. The second-order valence-electron chi connectivity index (χ2n) is 10.1. The van der Waals surface area contributed by atoms with Crippen LogP contribution in [-0.2, 0) is 19.1 Å². The minimum atomic E-state index is -4.35. The van der Waals surface area contributed by atoms with E-state index in [1.165, 1.54) is 5.56 Å². The first-order valence-corrected chi connectivity index (χ1v) is 13.1. The standard InChI is InChI=1S/C30H31F3N2OS/c1-21-5-11-24(12-6-21)27-20-37-28(34-27)35(19-23-7-13-25(14-8-23)30(31,32)33)18-17-22-9-15-26(16-10-22)36-29(2,3)4/h5-16,20H,17-19H2,1-4H3. The fraction of sp³-hybridized carbons (Fsp3) is 0.300. The van der Waals surface area contributed by atoms with Gasteiger partial charge in [-0.3, -0.25) is 0 Å². The Labute approximate surface area is 220 Å². The topological polar surface area (TPSA) is 25.4 Å². The maximum Gasteiger partial charge on any atom is 0.416 e. The van der Waals surface area contributed by atoms with Crippen LogP contribution in [-0.4, -0.2) is 17.1 Å². The van der Waals surface area contributed by atoms with Crippen LogP contribution in [0.25, 0.3) is 11.3 Å². The summed E-state index contributed by atoms with van der Waals surface area (Å²) in [7, 11) is 0. The number of nitrogens with zero attached hydrogens (tertiary/aromatic N) is 2. The molecule has 4 aromatic rings. The molecule has 1 aromatic heterocycles. The zero-order valence-electron chi connectivity index (χ0n) is 21.5. The first kappa shape index (κ1) is 26.7. The molecule has 0 fully saturated rings. The SMILES string of the molecule is Cc1ccc(-c2csc(N(CCc3ccc(OC(C)(C)C)cc3)Cc3ccc(C(F)(F)F)cc3)n2)cc1. The van der Waals surface area contributed by atoms with Gasteiger partial charge in [0, 0.05) is 24.0 Å². The van der Waals surface area contributed by atoms with E-state index < -0.39 is 11.7 Å². The molecule has 37 heavy (non-hydrogen) atoms. The van der Waals surface area contributed by atoms with Crippen molar-refractivity contribution in [3.8, 4) is 17.0 Å². The number of anilines is 1. The Morgan fingerprint density at radius 2 is 1.46 bits per heavy atom. The first-order valence-electron chi connectivity index (χ1n) is 12.2. The van der Waals surface area contributed by atoms with Gasteiger partial charge in [0.1, 0.15) is 11.4 Å². The van der Waals surface area contributed by atoms with Crippen molar-refractivity contribution in [2.24, 2.45) is 0 Å². The Balaban J connectivity index is 1.53. The highest BCUT2D eigenvalue weighted by atomic mass is 32.1. The van der Waals surface area contributed by atoms with Gasteiger partial charge < -0.3 is 9.64 Å². The lowest BCUT2D eigenvalue weighted by atomic mass is 10.1. The summed E-state index contributed by atoms with van der Waals surface area (Å²) in [5, 5.41) is 2.86. The van der Waals surface area contributed by atoms with Crippen LogP contribution < -0.4 is 9.64 Å². The molecular formula is C30H31F3N2OS. The van der Waals surface area contributed by atoms with Gasteiger partial charge in [0.15, 0.2) is 5.13 Å². The third-order valence-corrected chi connectivity index (χ3v) is 6.68. The van der Waals surface area contributed by atoms with Crippen LogP contribution >= 0.6 is 11.3 Å². The Hall–Kier alpha value is -3.32. The Morgan fingerprint density at radius 1 is 0.838 bits per heavy atom. The fourth-order valence-electron chi connectivity index (χ4n) is 3.87. The number of alkyl halides is 3. The van der Waals surface area contributed by atoms with Crippen LogP contribution in [0, 0.1) is 6.92 Å². The third kappa shape index (κ3) is 7.59. The summed E-state index contributed by atoms with van der Waals surface area (Å²) in [5.41, 5.74) is 4.15. The van der Waals surface area contributed by atoms with Crippen molar-refractivity contribution in [2.45, 2.75) is 52.4 Å². The van der Waals surface area contributed by atoms with Crippen LogP contribution in [0.5, 0.6) is 5.75 Å². The minimum Gasteiger partial charge on any atom is -0.488 e. The molecule has 0 atom stereocenters. The molecule has 0 saturated heterocycles. The lowest BCUT2D eigenvalue weighted by molar-refractivity contribution is -0.137. The monoisotopic (exact) mass is 524 g/mol. The molecule has 0 saturated carbocycles. The molecule has 0 aliphatic carbocycles. The molecule has 7 heteroatoms. The molecule has 0 amide bonds. The summed E-state index contributed by atoms with van der Waals surface area (Å²) in [6.45, 7) is 9.21. The largest absolute Gasteiger partial charge is 0.488 e. The van der Waals surface area contributed by atoms with E-state index in [2.05, 4.69) is 41.3 Å². The summed E-state index contributed by atoms with van der Waals surface area (Å²) in [6.07, 6.45) is -3.59. The number of hydrogen-bond donors (Lipinski definition) is 0. The van der Waals surface area contributed by atoms with Gasteiger partial charge in [-0.2, -0.15) is 13.2 Å². The maximum atomic E-state index is 13.0. The van der Waals surface area contributed by atoms with Crippen LogP contribution in [0.3, 0.4) is 0 Å². The number of aryl methyl sites for hydroxylation is 1. The van der Waals surface area contributed by atoms with Crippen LogP contribution in [0.1, 0.15) is 43.0 Å². The van der Waals surface area contributed by atoms with Crippen molar-refractivity contribution in [3.05, 3.63) is 100 Å². The zero-order valence-corrected chi connectivity index (χ0v) is 22.3. The molecular weight excluding hydrogens is 493 g/mol. The highest BCUT2D eigenvalue weighted by Gasteiger charge is 2.30. The van der Waals surface area contributed by atoms with Crippen molar-refractivity contribution < 1.29 is 17.9 Å². The third-order valence-electron chi connectivity index (χ3n) is 5.78. The van der Waals surface area contributed by atoms with Gasteiger partial charge in [0.25, 0.3) is 0 Å². The van der Waals surface area contributed by atoms with Gasteiger partial charge in [-0.25, -0.2) is 4.98 Å². The lowest BCUT2D eigenvalue weighted by Gasteiger charge is -2.23. The van der Waals surface area contributed by atoms with Crippen molar-refractivity contribution in [1.82, 2.24) is 4.98 Å². The fourth-order valence-corrected chi connectivity index (χ4v) is 4.73. The van der Waals surface area contributed by atoms with Crippen molar-refractivity contribution in [2.75, 3.05) is 11.4 Å². The van der Waals surface area contributed by atoms with Crippen molar-refractivity contribution >= 4 is 16.5 Å². The van der Waals surface area contributed by atoms with E-state index in [-0.39, 0.29) is 5.60 Å². The summed E-state index contributed by atoms with van der Waals surface area (Å²) in [4.78, 5) is 7.00. The molecule has 4 rings (SSSR count). The second-order valence-corrected chi connectivity index (χ2v) is 10.9. The predicted octanol–water partition coefficient (Wildman–Crippen LogP) is 8.56. The molecule has 0 aliphatic rings. The van der Waals surface area contributed by atoms with Crippen molar-refractivity contribution in [3.63, 3.8) is 0 Å². The number of ether oxygens (including phenoxy) is 1. The molecule has 0 bridgehead atoms. The maximum absolute atomic E-state index is 13.0. The second kappa shape index (κ2) is 11.0. The van der Waals surface area contributed by atoms with Gasteiger partial charge >= 0.3 is 6.18 Å². The Kier molecular flexibility index (Phi) is 7.93. The number of aromatic nitrogens is 1. The highest BCUT2D eigenvalue weighted by molar-refractivity contribution is 7.14. The van der Waals surface area contributed by atoms with Crippen molar-refractivity contribution in [1.29, 1.82) is 0 Å². The summed E-state index contributed by atoms with van der Waals surface area (Å²) < 4.78 is 45.0. The average molecular weight is 525 g/mol. The minimum absolute atomic E-state index is 0.264. The normalized spacial score (nSPS) is 12.0. The molecule has 0 unspecified atom stereocenters. The number of thiazole rings is 1. The summed E-state index contributed by atoms with van der Waals surface area (Å²) in [5.74, 6) is 0.820. The molecule has 1 heterocycles. The van der Waals surface area contributed by atoms with E-state index in [0.29, 0.717) is 13.1 Å². The Bertz CT molecular complexity index is 1290. The quantitative estimate of drug-likeness (QED) is 0.231.